The first kappa shape index (κ1) is 11.9. The average Bonchev–Trinajstić information content (AvgIpc) is 2.73. The predicted octanol–water partition coefficient (Wildman–Crippen LogP) is 1.20. The van der Waals surface area contributed by atoms with Crippen molar-refractivity contribution < 1.29 is 9.59 Å². The van der Waals surface area contributed by atoms with Crippen LogP contribution >= 0.6 is 23.4 Å². The summed E-state index contributed by atoms with van der Waals surface area (Å²) >= 11 is 7.09. The van der Waals surface area contributed by atoms with Crippen molar-refractivity contribution in [3.63, 3.8) is 0 Å². The smallest absolute Gasteiger partial charge is 0.272 e. The fraction of sp³-hybridized carbons (Fsp3) is 0.100. The molecule has 0 saturated carbocycles. The zero-order valence-corrected chi connectivity index (χ0v) is 10.1. The van der Waals surface area contributed by atoms with Crippen molar-refractivity contribution in [1.82, 2.24) is 10.7 Å². The van der Waals surface area contributed by atoms with E-state index < -0.39 is 5.91 Å². The quantitative estimate of drug-likeness (QED) is 0.793. The molecule has 0 spiro atoms. The van der Waals surface area contributed by atoms with Gasteiger partial charge in [0.15, 0.2) is 5.17 Å². The first-order valence-corrected chi connectivity index (χ1v) is 6.08. The second kappa shape index (κ2) is 5.20. The Morgan fingerprint density at radius 2 is 2.24 bits per heavy atom. The molecule has 1 saturated heterocycles. The molecule has 0 radical (unpaired) electrons. The Labute approximate surface area is 107 Å². The fourth-order valence-electron chi connectivity index (χ4n) is 1.19. The predicted molar refractivity (Wildman–Crippen MR) is 67.0 cm³/mol. The lowest BCUT2D eigenvalue weighted by Crippen LogP contribution is -2.25. The molecule has 1 aromatic carbocycles. The molecule has 1 aliphatic heterocycles. The van der Waals surface area contributed by atoms with Crippen molar-refractivity contribution in [3.05, 3.63) is 34.9 Å². The summed E-state index contributed by atoms with van der Waals surface area (Å²) in [7, 11) is 0. The van der Waals surface area contributed by atoms with E-state index in [1.54, 1.807) is 24.3 Å². The molecule has 0 atom stereocenters. The number of hydrogen-bond acceptors (Lipinski definition) is 4. The van der Waals surface area contributed by atoms with Crippen molar-refractivity contribution in [2.75, 3.05) is 5.75 Å². The molecule has 1 aromatic rings. The highest BCUT2D eigenvalue weighted by Crippen LogP contribution is 2.14. The van der Waals surface area contributed by atoms with Gasteiger partial charge in [0.2, 0.25) is 5.91 Å². The van der Waals surface area contributed by atoms with Crippen LogP contribution in [0.3, 0.4) is 0 Å². The van der Waals surface area contributed by atoms with Crippen LogP contribution in [-0.4, -0.2) is 22.7 Å². The monoisotopic (exact) mass is 269 g/mol. The third kappa shape index (κ3) is 2.98. The minimum absolute atomic E-state index is 0.124. The highest BCUT2D eigenvalue weighted by molar-refractivity contribution is 8.15. The molecule has 7 heteroatoms. The maximum absolute atomic E-state index is 11.7. The highest BCUT2D eigenvalue weighted by atomic mass is 35.5. The molecular formula is C10H8ClN3O2S. The van der Waals surface area contributed by atoms with Crippen molar-refractivity contribution in [2.24, 2.45) is 5.10 Å². The maximum Gasteiger partial charge on any atom is 0.272 e. The molecule has 0 bridgehead atoms. The number of halogens is 1. The number of thioether (sulfide) groups is 1. The van der Waals surface area contributed by atoms with Gasteiger partial charge in [0.1, 0.15) is 0 Å². The molecule has 2 N–H and O–H groups in total. The molecular weight excluding hydrogens is 262 g/mol. The summed E-state index contributed by atoms with van der Waals surface area (Å²) in [5.74, 6) is -0.216. The van der Waals surface area contributed by atoms with E-state index >= 15 is 0 Å². The zero-order chi connectivity index (χ0) is 12.3. The highest BCUT2D eigenvalue weighted by Gasteiger charge is 2.17. The standard InChI is InChI=1S/C10H8ClN3O2S/c11-7-4-2-1-3-6(7)9(16)13-14-10-12-8(15)5-17-10/h1-4H,5H2,(H,13,16)(H,12,14,15). The van der Waals surface area contributed by atoms with Crippen molar-refractivity contribution >= 4 is 40.3 Å². The van der Waals surface area contributed by atoms with E-state index in [0.29, 0.717) is 21.5 Å². The van der Waals surface area contributed by atoms with Crippen LogP contribution in [0.2, 0.25) is 5.02 Å². The number of hydrogen-bond donors (Lipinski definition) is 2. The van der Waals surface area contributed by atoms with Crippen LogP contribution in [0.15, 0.2) is 29.4 Å². The van der Waals surface area contributed by atoms with Gasteiger partial charge in [0.25, 0.3) is 5.91 Å². The molecule has 1 fully saturated rings. The lowest BCUT2D eigenvalue weighted by Gasteiger charge is -2.02. The van der Waals surface area contributed by atoms with Crippen LogP contribution in [0, 0.1) is 0 Å². The number of amidine groups is 1. The van der Waals surface area contributed by atoms with Crippen LogP contribution < -0.4 is 10.7 Å². The van der Waals surface area contributed by atoms with Crippen LogP contribution in [0.4, 0.5) is 0 Å². The summed E-state index contributed by atoms with van der Waals surface area (Å²) < 4.78 is 0. The second-order valence-corrected chi connectivity index (χ2v) is 4.55. The van der Waals surface area contributed by atoms with Gasteiger partial charge in [-0.3, -0.25) is 9.59 Å². The molecule has 0 unspecified atom stereocenters. The summed E-state index contributed by atoms with van der Waals surface area (Å²) in [4.78, 5) is 22.6. The van der Waals surface area contributed by atoms with E-state index in [1.807, 2.05) is 0 Å². The Hall–Kier alpha value is -1.53. The minimum Gasteiger partial charge on any atom is -0.303 e. The lowest BCUT2D eigenvalue weighted by atomic mass is 10.2. The van der Waals surface area contributed by atoms with E-state index in [2.05, 4.69) is 15.8 Å². The summed E-state index contributed by atoms with van der Waals surface area (Å²) in [5.41, 5.74) is 2.67. The maximum atomic E-state index is 11.7. The first-order valence-electron chi connectivity index (χ1n) is 4.72. The van der Waals surface area contributed by atoms with Gasteiger partial charge in [-0.05, 0) is 12.1 Å². The van der Waals surface area contributed by atoms with Gasteiger partial charge in [0, 0.05) is 0 Å². The normalized spacial score (nSPS) is 17.0. The van der Waals surface area contributed by atoms with Crippen LogP contribution in [-0.2, 0) is 4.79 Å². The Balaban J connectivity index is 2.03. The van der Waals surface area contributed by atoms with Crippen LogP contribution in [0.1, 0.15) is 10.4 Å². The lowest BCUT2D eigenvalue weighted by molar-refractivity contribution is -0.116. The molecule has 1 aliphatic rings. The summed E-state index contributed by atoms with van der Waals surface area (Å²) in [5, 5.41) is 7.02. The van der Waals surface area contributed by atoms with Crippen LogP contribution in [0.5, 0.6) is 0 Å². The number of benzene rings is 1. The number of carbonyl (C=O) groups is 2. The number of hydrazone groups is 1. The SMILES string of the molecule is O=C1CS/C(=N/NC(=O)c2ccccc2Cl)N1. The zero-order valence-electron chi connectivity index (χ0n) is 8.57. The summed E-state index contributed by atoms with van der Waals surface area (Å²) in [6, 6.07) is 6.66. The summed E-state index contributed by atoms with van der Waals surface area (Å²) in [6.45, 7) is 0. The molecule has 2 rings (SSSR count). The van der Waals surface area contributed by atoms with Gasteiger partial charge in [0.05, 0.1) is 16.3 Å². The second-order valence-electron chi connectivity index (χ2n) is 3.17. The largest absolute Gasteiger partial charge is 0.303 e. The van der Waals surface area contributed by atoms with E-state index in [4.69, 9.17) is 11.6 Å². The Kier molecular flexibility index (Phi) is 3.65. The molecule has 2 amide bonds. The average molecular weight is 270 g/mol. The van der Waals surface area contributed by atoms with Crippen LogP contribution in [0.25, 0.3) is 0 Å². The minimum atomic E-state index is -0.412. The first-order chi connectivity index (χ1) is 8.16. The number of amides is 2. The van der Waals surface area contributed by atoms with E-state index in [1.165, 1.54) is 11.8 Å². The van der Waals surface area contributed by atoms with E-state index in [-0.39, 0.29) is 5.91 Å². The Bertz CT molecular complexity index is 504. The van der Waals surface area contributed by atoms with E-state index in [0.717, 1.165) is 0 Å². The van der Waals surface area contributed by atoms with Gasteiger partial charge in [-0.2, -0.15) is 0 Å². The van der Waals surface area contributed by atoms with Gasteiger partial charge >= 0.3 is 0 Å². The van der Waals surface area contributed by atoms with Gasteiger partial charge < -0.3 is 5.32 Å². The molecule has 0 aromatic heterocycles. The fourth-order valence-corrected chi connectivity index (χ4v) is 2.05. The van der Waals surface area contributed by atoms with Crippen molar-refractivity contribution in [2.45, 2.75) is 0 Å². The Morgan fingerprint density at radius 3 is 2.88 bits per heavy atom. The third-order valence-electron chi connectivity index (χ3n) is 1.96. The topological polar surface area (TPSA) is 70.6 Å². The van der Waals surface area contributed by atoms with E-state index in [9.17, 15) is 9.59 Å². The number of rotatable bonds is 2. The Morgan fingerprint density at radius 1 is 1.47 bits per heavy atom. The van der Waals surface area contributed by atoms with Crippen molar-refractivity contribution in [1.29, 1.82) is 0 Å². The van der Waals surface area contributed by atoms with Crippen molar-refractivity contribution in [3.8, 4) is 0 Å². The molecule has 1 heterocycles. The number of nitrogens with zero attached hydrogens (tertiary/aromatic N) is 1. The third-order valence-corrected chi connectivity index (χ3v) is 3.17. The summed E-state index contributed by atoms with van der Waals surface area (Å²) in [6.07, 6.45) is 0. The molecule has 0 aliphatic carbocycles. The number of nitrogens with one attached hydrogen (secondary N) is 2. The van der Waals surface area contributed by atoms with Gasteiger partial charge in [-0.25, -0.2) is 5.43 Å². The molecule has 5 nitrogen and oxygen atoms in total. The number of carbonyl (C=O) groups excluding carboxylic acids is 2. The van der Waals surface area contributed by atoms with Gasteiger partial charge in [-0.1, -0.05) is 35.5 Å². The molecule has 88 valence electrons. The van der Waals surface area contributed by atoms with Gasteiger partial charge in [-0.15, -0.1) is 5.10 Å². The molecule has 17 heavy (non-hydrogen) atoms.